The fourth-order valence-corrected chi connectivity index (χ4v) is 3.52. The van der Waals surface area contributed by atoms with E-state index >= 15 is 0 Å². The number of fused-ring (bicyclic) bond motifs is 1. The van der Waals surface area contributed by atoms with Crippen molar-refractivity contribution >= 4 is 40.2 Å². The van der Waals surface area contributed by atoms with Crippen molar-refractivity contribution in [1.82, 2.24) is 9.55 Å². The Balaban J connectivity index is 2.08. The Hall–Kier alpha value is -2.38. The van der Waals surface area contributed by atoms with Gasteiger partial charge in [0.15, 0.2) is 5.16 Å². The number of carbonyl (C=O) groups excluding carboxylic acids is 1. The van der Waals surface area contributed by atoms with Crippen LogP contribution in [0.15, 0.2) is 52.4 Å². The van der Waals surface area contributed by atoms with Gasteiger partial charge >= 0.3 is 5.97 Å². The highest BCUT2D eigenvalue weighted by atomic mass is 35.5. The zero-order valence-corrected chi connectivity index (χ0v) is 17.1. The number of aromatic nitrogens is 2. The first-order chi connectivity index (χ1) is 13.2. The predicted octanol–water partition coefficient (Wildman–Crippen LogP) is 4.61. The molecule has 0 saturated carbocycles. The molecule has 8 heteroatoms. The average Bonchev–Trinajstić information content (AvgIpc) is 2.61. The van der Waals surface area contributed by atoms with Crippen molar-refractivity contribution < 1.29 is 13.9 Å². The maximum atomic E-state index is 13.6. The van der Waals surface area contributed by atoms with Crippen LogP contribution in [0.2, 0.25) is 5.02 Å². The average molecular weight is 421 g/mol. The van der Waals surface area contributed by atoms with E-state index in [1.807, 2.05) is 0 Å². The molecule has 28 heavy (non-hydrogen) atoms. The first-order valence-corrected chi connectivity index (χ1v) is 9.84. The minimum atomic E-state index is -0.612. The van der Waals surface area contributed by atoms with Crippen LogP contribution in [0.25, 0.3) is 16.6 Å². The van der Waals surface area contributed by atoms with Gasteiger partial charge in [0.25, 0.3) is 5.56 Å². The van der Waals surface area contributed by atoms with Crippen molar-refractivity contribution in [3.8, 4) is 5.69 Å². The number of para-hydroxylation sites is 1. The van der Waals surface area contributed by atoms with Gasteiger partial charge in [-0.1, -0.05) is 35.5 Å². The molecule has 2 aromatic carbocycles. The lowest BCUT2D eigenvalue weighted by Gasteiger charge is -2.19. The summed E-state index contributed by atoms with van der Waals surface area (Å²) < 4.78 is 20.2. The fraction of sp³-hybridized carbons (Fsp3) is 0.250. The van der Waals surface area contributed by atoms with Crippen LogP contribution in [0.1, 0.15) is 20.8 Å². The molecule has 0 atom stereocenters. The molecule has 3 rings (SSSR count). The summed E-state index contributed by atoms with van der Waals surface area (Å²) >= 11 is 6.97. The van der Waals surface area contributed by atoms with E-state index in [-0.39, 0.29) is 21.5 Å². The number of ether oxygens (including phenoxy) is 1. The molecular formula is C20H18ClFN2O3S. The molecule has 0 amide bonds. The van der Waals surface area contributed by atoms with Gasteiger partial charge in [-0.3, -0.25) is 14.2 Å². The monoisotopic (exact) mass is 420 g/mol. The van der Waals surface area contributed by atoms with Gasteiger partial charge in [0.2, 0.25) is 0 Å². The normalized spacial score (nSPS) is 11.6. The molecule has 0 N–H and O–H groups in total. The SMILES string of the molecule is CC(C)(C)OC(=O)CSc1nc2ccccc2c(=O)n1-c1ccc(F)c(Cl)c1. The third kappa shape index (κ3) is 4.54. The quantitative estimate of drug-likeness (QED) is 0.350. The number of esters is 1. The van der Waals surface area contributed by atoms with E-state index in [2.05, 4.69) is 4.98 Å². The molecule has 0 unspecified atom stereocenters. The summed E-state index contributed by atoms with van der Waals surface area (Å²) in [4.78, 5) is 29.7. The van der Waals surface area contributed by atoms with E-state index in [0.717, 1.165) is 11.8 Å². The van der Waals surface area contributed by atoms with Gasteiger partial charge in [-0.2, -0.15) is 0 Å². The van der Waals surface area contributed by atoms with E-state index in [1.54, 1.807) is 45.0 Å². The van der Waals surface area contributed by atoms with Crippen molar-refractivity contribution in [3.63, 3.8) is 0 Å². The highest BCUT2D eigenvalue weighted by Gasteiger charge is 2.19. The largest absolute Gasteiger partial charge is 0.459 e. The zero-order chi connectivity index (χ0) is 20.5. The molecule has 146 valence electrons. The topological polar surface area (TPSA) is 61.2 Å². The van der Waals surface area contributed by atoms with Crippen LogP contribution in [0.3, 0.4) is 0 Å². The second kappa shape index (κ2) is 7.93. The van der Waals surface area contributed by atoms with Crippen LogP contribution in [0, 0.1) is 5.82 Å². The predicted molar refractivity (Wildman–Crippen MR) is 109 cm³/mol. The Bertz CT molecular complexity index is 1110. The van der Waals surface area contributed by atoms with E-state index in [0.29, 0.717) is 16.6 Å². The maximum absolute atomic E-state index is 13.6. The Kier molecular flexibility index (Phi) is 5.76. The Morgan fingerprint density at radius 1 is 1.25 bits per heavy atom. The van der Waals surface area contributed by atoms with Gasteiger partial charge in [-0.25, -0.2) is 9.37 Å². The molecule has 1 heterocycles. The van der Waals surface area contributed by atoms with Gasteiger partial charge in [0.1, 0.15) is 11.4 Å². The smallest absolute Gasteiger partial charge is 0.316 e. The molecule has 0 aliphatic carbocycles. The number of carbonyl (C=O) groups is 1. The first-order valence-electron chi connectivity index (χ1n) is 8.47. The van der Waals surface area contributed by atoms with Crippen molar-refractivity contribution in [3.05, 3.63) is 63.7 Å². The molecule has 0 bridgehead atoms. The van der Waals surface area contributed by atoms with E-state index in [4.69, 9.17) is 16.3 Å². The number of halogens is 2. The minimum absolute atomic E-state index is 0.0308. The fourth-order valence-electron chi connectivity index (χ4n) is 2.56. The van der Waals surface area contributed by atoms with Crippen LogP contribution in [-0.2, 0) is 9.53 Å². The summed E-state index contributed by atoms with van der Waals surface area (Å²) in [5.74, 6) is -1.05. The first kappa shape index (κ1) is 20.4. The molecular weight excluding hydrogens is 403 g/mol. The number of hydrogen-bond donors (Lipinski definition) is 0. The van der Waals surface area contributed by atoms with Gasteiger partial charge in [0.05, 0.1) is 27.4 Å². The van der Waals surface area contributed by atoms with Crippen LogP contribution < -0.4 is 5.56 Å². The summed E-state index contributed by atoms with van der Waals surface area (Å²) in [7, 11) is 0. The number of rotatable bonds is 4. The van der Waals surface area contributed by atoms with Crippen molar-refractivity contribution in [2.45, 2.75) is 31.5 Å². The summed E-state index contributed by atoms with van der Waals surface area (Å²) in [5.41, 5.74) is -0.0801. The lowest BCUT2D eigenvalue weighted by Crippen LogP contribution is -2.26. The molecule has 0 aliphatic heterocycles. The third-order valence-electron chi connectivity index (χ3n) is 3.65. The highest BCUT2D eigenvalue weighted by Crippen LogP contribution is 2.24. The van der Waals surface area contributed by atoms with E-state index in [1.165, 1.54) is 22.8 Å². The van der Waals surface area contributed by atoms with Crippen molar-refractivity contribution in [1.29, 1.82) is 0 Å². The third-order valence-corrected chi connectivity index (χ3v) is 4.85. The second-order valence-electron chi connectivity index (χ2n) is 7.03. The van der Waals surface area contributed by atoms with Gasteiger partial charge < -0.3 is 4.74 Å². The maximum Gasteiger partial charge on any atom is 0.316 e. The summed E-state index contributed by atoms with van der Waals surface area (Å²) in [6, 6.07) is 10.9. The van der Waals surface area contributed by atoms with Crippen LogP contribution in [0.5, 0.6) is 0 Å². The molecule has 0 aliphatic rings. The van der Waals surface area contributed by atoms with E-state index < -0.39 is 17.4 Å². The van der Waals surface area contributed by atoms with E-state index in [9.17, 15) is 14.0 Å². The molecule has 0 fully saturated rings. The zero-order valence-electron chi connectivity index (χ0n) is 15.5. The summed E-state index contributed by atoms with van der Waals surface area (Å²) in [6.07, 6.45) is 0. The number of thioether (sulfide) groups is 1. The van der Waals surface area contributed by atoms with Crippen LogP contribution in [-0.4, -0.2) is 26.9 Å². The molecule has 3 aromatic rings. The molecule has 0 spiro atoms. The number of benzene rings is 2. The Morgan fingerprint density at radius 2 is 1.96 bits per heavy atom. The van der Waals surface area contributed by atoms with Crippen molar-refractivity contribution in [2.24, 2.45) is 0 Å². The van der Waals surface area contributed by atoms with Crippen LogP contribution >= 0.6 is 23.4 Å². The van der Waals surface area contributed by atoms with Crippen LogP contribution in [0.4, 0.5) is 4.39 Å². The number of nitrogens with zero attached hydrogens (tertiary/aromatic N) is 2. The Morgan fingerprint density at radius 3 is 2.64 bits per heavy atom. The Labute approximate surface area is 170 Å². The van der Waals surface area contributed by atoms with Gasteiger partial charge in [-0.05, 0) is 51.1 Å². The minimum Gasteiger partial charge on any atom is -0.459 e. The summed E-state index contributed by atoms with van der Waals surface area (Å²) in [5, 5.41) is 0.586. The lowest BCUT2D eigenvalue weighted by molar-refractivity contribution is -0.151. The molecule has 0 radical (unpaired) electrons. The highest BCUT2D eigenvalue weighted by molar-refractivity contribution is 7.99. The molecule has 0 saturated heterocycles. The lowest BCUT2D eigenvalue weighted by atomic mass is 10.2. The van der Waals surface area contributed by atoms with Gasteiger partial charge in [-0.15, -0.1) is 0 Å². The van der Waals surface area contributed by atoms with Gasteiger partial charge in [0, 0.05) is 0 Å². The standard InChI is InChI=1S/C20H18ClFN2O3S/c1-20(2,3)27-17(25)11-28-19-23-16-7-5-4-6-13(16)18(26)24(19)12-8-9-15(22)14(21)10-12/h4-10H,11H2,1-3H3. The molecule has 1 aromatic heterocycles. The number of hydrogen-bond acceptors (Lipinski definition) is 5. The van der Waals surface area contributed by atoms with Crippen molar-refractivity contribution in [2.75, 3.05) is 5.75 Å². The summed E-state index contributed by atoms with van der Waals surface area (Å²) in [6.45, 7) is 5.33. The molecule has 5 nitrogen and oxygen atoms in total. The second-order valence-corrected chi connectivity index (χ2v) is 8.38.